The molecule has 1 unspecified atom stereocenters. The van der Waals surface area contributed by atoms with E-state index in [4.69, 9.17) is 5.73 Å². The summed E-state index contributed by atoms with van der Waals surface area (Å²) < 4.78 is 52.5. The normalized spacial score (nSPS) is 18.9. The third kappa shape index (κ3) is 6.30. The fourth-order valence-corrected chi connectivity index (χ4v) is 8.10. The Morgan fingerprint density at radius 3 is 2.73 bits per heavy atom. The van der Waals surface area contributed by atoms with E-state index in [1.54, 1.807) is 0 Å². The van der Waals surface area contributed by atoms with Crippen LogP contribution in [-0.4, -0.2) is 62.5 Å². The number of hydrogen-bond acceptors (Lipinski definition) is 12. The Morgan fingerprint density at radius 1 is 1.30 bits per heavy atom. The molecule has 2 atom stereocenters. The first kappa shape index (κ1) is 31.5. The minimum absolute atomic E-state index is 0.00774. The molecule has 230 valence electrons. The molecule has 2 amide bonds. The molecule has 0 aliphatic carbocycles. The van der Waals surface area contributed by atoms with Gasteiger partial charge in [0.15, 0.2) is 16.3 Å². The maximum absolute atomic E-state index is 13.1. The van der Waals surface area contributed by atoms with Gasteiger partial charge in [-0.05, 0) is 35.3 Å². The first-order valence-corrected chi connectivity index (χ1v) is 15.7. The number of hydrogen-bond donors (Lipinski definition) is 3. The highest BCUT2D eigenvalue weighted by Crippen LogP contribution is 2.41. The number of thiazole rings is 1. The summed E-state index contributed by atoms with van der Waals surface area (Å²) >= 11 is 4.14. The largest absolute Gasteiger partial charge is 0.477 e. The lowest BCUT2D eigenvalue weighted by Crippen LogP contribution is -2.71. The molecule has 2 aliphatic heterocycles. The molecule has 11 nitrogen and oxygen atoms in total. The fourth-order valence-electron chi connectivity index (χ4n) is 4.22. The summed E-state index contributed by atoms with van der Waals surface area (Å²) in [5, 5.41) is 18.1. The van der Waals surface area contributed by atoms with Gasteiger partial charge < -0.3 is 21.0 Å². The van der Waals surface area contributed by atoms with Gasteiger partial charge in [-0.15, -0.1) is 34.4 Å². The molecular formula is C25H17F4N5O6S4. The number of carbonyl (C=O) groups excluding carboxylic acids is 2. The maximum Gasteiger partial charge on any atom is 0.416 e. The Morgan fingerprint density at radius 2 is 2.07 bits per heavy atom. The molecule has 0 bridgehead atoms. The SMILES string of the molecule is Nc1nc(/C(=N/OCF)C(=O)NC2C(=O)N3C(C(=O)O)=C(/C=C/Sc4cc(=O)c5ccc(C(F)(F)F)cc5s4)CS[C@H]23)cs1. The molecule has 0 saturated carbocycles. The molecule has 19 heteroatoms. The van der Waals surface area contributed by atoms with Crippen LogP contribution >= 0.6 is 46.2 Å². The van der Waals surface area contributed by atoms with Crippen LogP contribution in [0.2, 0.25) is 0 Å². The minimum Gasteiger partial charge on any atom is -0.477 e. The second-order valence-corrected chi connectivity index (χ2v) is 13.1. The van der Waals surface area contributed by atoms with Crippen LogP contribution < -0.4 is 16.5 Å². The van der Waals surface area contributed by atoms with Gasteiger partial charge in [0.25, 0.3) is 18.7 Å². The lowest BCUT2D eigenvalue weighted by molar-refractivity contribution is -0.150. The number of benzene rings is 1. The van der Waals surface area contributed by atoms with Gasteiger partial charge in [0.05, 0.1) is 9.77 Å². The van der Waals surface area contributed by atoms with Crippen LogP contribution in [0.3, 0.4) is 0 Å². The van der Waals surface area contributed by atoms with Crippen molar-refractivity contribution >= 4 is 84.9 Å². The fraction of sp³-hybridized carbons (Fsp3) is 0.200. The average Bonchev–Trinajstić information content (AvgIpc) is 3.40. The van der Waals surface area contributed by atoms with Crippen molar-refractivity contribution in [2.24, 2.45) is 5.16 Å². The van der Waals surface area contributed by atoms with Crippen molar-refractivity contribution in [1.82, 2.24) is 15.2 Å². The highest BCUT2D eigenvalue weighted by atomic mass is 32.2. The number of nitrogens with one attached hydrogen (secondary N) is 1. The highest BCUT2D eigenvalue weighted by Gasteiger charge is 2.54. The summed E-state index contributed by atoms with van der Waals surface area (Å²) in [5.74, 6) is -2.91. The van der Waals surface area contributed by atoms with E-state index >= 15 is 0 Å². The summed E-state index contributed by atoms with van der Waals surface area (Å²) in [5.41, 5.74) is 3.74. The van der Waals surface area contributed by atoms with E-state index in [-0.39, 0.29) is 37.9 Å². The number of nitrogen functional groups attached to an aromatic ring is 1. The molecule has 0 radical (unpaired) electrons. The summed E-state index contributed by atoms with van der Waals surface area (Å²) in [6.07, 6.45) is -3.13. The molecule has 5 rings (SSSR count). The molecule has 0 spiro atoms. The Balaban J connectivity index is 1.33. The van der Waals surface area contributed by atoms with Crippen molar-refractivity contribution in [2.75, 3.05) is 18.3 Å². The number of rotatable bonds is 9. The molecule has 4 N–H and O–H groups in total. The monoisotopic (exact) mass is 687 g/mol. The molecular weight excluding hydrogens is 671 g/mol. The number of β-lactam (4-membered cyclic amide) rings is 1. The van der Waals surface area contributed by atoms with Crippen LogP contribution in [0.5, 0.6) is 0 Å². The van der Waals surface area contributed by atoms with Crippen LogP contribution in [0.15, 0.2) is 66.6 Å². The number of nitrogens with two attached hydrogens (primary N) is 1. The van der Waals surface area contributed by atoms with E-state index in [0.29, 0.717) is 4.21 Å². The second-order valence-electron chi connectivity index (χ2n) is 8.85. The summed E-state index contributed by atoms with van der Waals surface area (Å²) in [6.45, 7) is -1.33. The number of thioether (sulfide) groups is 2. The zero-order valence-corrected chi connectivity index (χ0v) is 24.9. The smallest absolute Gasteiger partial charge is 0.416 e. The van der Waals surface area contributed by atoms with Gasteiger partial charge in [0.1, 0.15) is 22.8 Å². The number of aromatic nitrogens is 1. The van der Waals surface area contributed by atoms with Crippen molar-refractivity contribution in [2.45, 2.75) is 21.8 Å². The number of fused-ring (bicyclic) bond motifs is 2. The number of anilines is 1. The molecule has 2 aliphatic rings. The Kier molecular flexibility index (Phi) is 9.00. The molecule has 44 heavy (non-hydrogen) atoms. The molecule has 1 fully saturated rings. The van der Waals surface area contributed by atoms with Crippen molar-refractivity contribution < 1.29 is 41.9 Å². The maximum atomic E-state index is 13.1. The third-order valence-electron chi connectivity index (χ3n) is 6.16. The number of aliphatic carboxylic acids is 1. The Labute approximate surface area is 260 Å². The zero-order chi connectivity index (χ0) is 31.8. The van der Waals surface area contributed by atoms with Crippen molar-refractivity contribution in [3.05, 3.63) is 73.9 Å². The van der Waals surface area contributed by atoms with Gasteiger partial charge in [-0.25, -0.2) is 14.2 Å². The van der Waals surface area contributed by atoms with Crippen LogP contribution in [0.1, 0.15) is 11.3 Å². The average molecular weight is 688 g/mol. The van der Waals surface area contributed by atoms with Crippen molar-refractivity contribution in [3.8, 4) is 0 Å². The summed E-state index contributed by atoms with van der Waals surface area (Å²) in [4.78, 5) is 59.8. The number of oxime groups is 1. The number of carboxylic acids is 1. The first-order chi connectivity index (χ1) is 20.9. The van der Waals surface area contributed by atoms with Crippen molar-refractivity contribution in [3.63, 3.8) is 0 Å². The van der Waals surface area contributed by atoms with Gasteiger partial charge in [0.2, 0.25) is 0 Å². The molecule has 1 aromatic carbocycles. The first-order valence-electron chi connectivity index (χ1n) is 12.1. The van der Waals surface area contributed by atoms with Crippen LogP contribution in [0.25, 0.3) is 10.1 Å². The number of allylic oxidation sites excluding steroid dienone is 1. The lowest BCUT2D eigenvalue weighted by Gasteiger charge is -2.49. The summed E-state index contributed by atoms with van der Waals surface area (Å²) in [7, 11) is 0. The lowest BCUT2D eigenvalue weighted by atomic mass is 10.0. The van der Waals surface area contributed by atoms with E-state index in [1.807, 2.05) is 0 Å². The molecule has 3 aromatic rings. The number of alkyl halides is 4. The molecule has 2 aromatic heterocycles. The van der Waals surface area contributed by atoms with Crippen molar-refractivity contribution in [1.29, 1.82) is 0 Å². The number of nitrogens with zero attached hydrogens (tertiary/aromatic N) is 3. The van der Waals surface area contributed by atoms with Gasteiger partial charge in [-0.2, -0.15) is 13.2 Å². The Bertz CT molecular complexity index is 1820. The predicted molar refractivity (Wildman–Crippen MR) is 158 cm³/mol. The van der Waals surface area contributed by atoms with E-state index < -0.39 is 58.9 Å². The van der Waals surface area contributed by atoms with E-state index in [0.717, 1.165) is 57.5 Å². The van der Waals surface area contributed by atoms with Gasteiger partial charge in [-0.3, -0.25) is 19.3 Å². The molecule has 1 saturated heterocycles. The number of amides is 2. The van der Waals surface area contributed by atoms with E-state index in [9.17, 15) is 41.8 Å². The summed E-state index contributed by atoms with van der Waals surface area (Å²) in [6, 6.07) is 3.01. The zero-order valence-electron chi connectivity index (χ0n) is 21.7. The predicted octanol–water partition coefficient (Wildman–Crippen LogP) is 4.01. The number of halogens is 4. The number of carbonyl (C=O) groups is 3. The highest BCUT2D eigenvalue weighted by molar-refractivity contribution is 8.04. The minimum atomic E-state index is -4.57. The topological polar surface area (TPSA) is 164 Å². The number of carboxylic acid groups (broad SMARTS) is 1. The standard InChI is InChI=1S/C25H17F4N5O6S4/c26-9-40-33-17(13-8-43-24(30)31-13)20(36)32-18-21(37)34-19(23(38)39)10(7-42-22(18)34)3-4-41-16-6-14(35)12-2-1-11(25(27,28)29)5-15(12)44-16/h1-6,8,18,22H,7,9H2,(H2,30,31)(H,32,36)(H,38,39)/b4-3+,33-17-/t18?,22-/m1/s1. The second kappa shape index (κ2) is 12.6. The van der Waals surface area contributed by atoms with Crippen LogP contribution in [0.4, 0.5) is 22.7 Å². The van der Waals surface area contributed by atoms with Gasteiger partial charge in [0, 0.05) is 27.3 Å². The Hall–Kier alpha value is -3.94. The van der Waals surface area contributed by atoms with Gasteiger partial charge >= 0.3 is 12.1 Å². The van der Waals surface area contributed by atoms with Crippen LogP contribution in [-0.2, 0) is 25.4 Å². The van der Waals surface area contributed by atoms with Crippen LogP contribution in [0, 0.1) is 0 Å². The third-order valence-corrected chi connectivity index (χ3v) is 10.2. The van der Waals surface area contributed by atoms with E-state index in [2.05, 4.69) is 20.3 Å². The quantitative estimate of drug-likeness (QED) is 0.0985. The molecule has 4 heterocycles. The van der Waals surface area contributed by atoms with E-state index in [1.165, 1.54) is 34.7 Å². The van der Waals surface area contributed by atoms with Gasteiger partial charge in [-0.1, -0.05) is 16.9 Å².